The van der Waals surface area contributed by atoms with Crippen LogP contribution in [-0.2, 0) is 6.67 Å². The van der Waals surface area contributed by atoms with Crippen LogP contribution in [0, 0.1) is 0 Å². The Hall–Kier alpha value is -2.84. The van der Waals surface area contributed by atoms with Crippen molar-refractivity contribution in [3.63, 3.8) is 0 Å². The quantitative estimate of drug-likeness (QED) is 0.363. The van der Waals surface area contributed by atoms with Gasteiger partial charge in [0.15, 0.2) is 0 Å². The number of rotatable bonds is 4. The predicted molar refractivity (Wildman–Crippen MR) is 117 cm³/mol. The molecule has 0 aliphatic heterocycles. The van der Waals surface area contributed by atoms with Gasteiger partial charge < -0.3 is 4.57 Å². The molecule has 0 atom stereocenters. The molecule has 0 radical (unpaired) electrons. The summed E-state index contributed by atoms with van der Waals surface area (Å²) in [5.41, 5.74) is 2.68. The summed E-state index contributed by atoms with van der Waals surface area (Å²) >= 11 is 0. The normalized spacial score (nSPS) is 12.1. The minimum Gasteiger partial charge on any atom is -0.326 e. The van der Waals surface area contributed by atoms with Crippen molar-refractivity contribution >= 4 is 43.4 Å². The fourth-order valence-electron chi connectivity index (χ4n) is 4.41. The third-order valence-electron chi connectivity index (χ3n) is 5.87. The maximum atomic E-state index is 2.52. The van der Waals surface area contributed by atoms with Gasteiger partial charge in [-0.1, -0.05) is 80.6 Å². The third-order valence-corrected chi connectivity index (χ3v) is 5.87. The van der Waals surface area contributed by atoms with Gasteiger partial charge >= 0.3 is 0 Å². The number of hydrogen-bond donors (Lipinski definition) is 0. The highest BCUT2D eigenvalue weighted by Crippen LogP contribution is 2.38. The minimum absolute atomic E-state index is 0.916. The highest BCUT2D eigenvalue weighted by Gasteiger charge is 2.16. The van der Waals surface area contributed by atoms with Crippen LogP contribution in [0.5, 0.6) is 0 Å². The van der Waals surface area contributed by atoms with Gasteiger partial charge in [0.25, 0.3) is 0 Å². The molecule has 0 aliphatic rings. The molecule has 134 valence electrons. The SMILES string of the molecule is CCN(CC)Cn1c2ccc3ccccc3c2c2ccc3ccccc3c21. The average molecular weight is 352 g/mol. The van der Waals surface area contributed by atoms with Crippen molar-refractivity contribution in [1.82, 2.24) is 9.47 Å². The van der Waals surface area contributed by atoms with Crippen molar-refractivity contribution in [2.45, 2.75) is 20.5 Å². The van der Waals surface area contributed by atoms with E-state index in [0.29, 0.717) is 0 Å². The Morgan fingerprint density at radius 1 is 0.667 bits per heavy atom. The molecule has 1 aromatic heterocycles. The summed E-state index contributed by atoms with van der Waals surface area (Å²) in [7, 11) is 0. The monoisotopic (exact) mass is 352 g/mol. The molecule has 0 saturated carbocycles. The highest BCUT2D eigenvalue weighted by molar-refractivity contribution is 6.25. The van der Waals surface area contributed by atoms with Gasteiger partial charge in [0.2, 0.25) is 0 Å². The smallest absolute Gasteiger partial charge is 0.0757 e. The summed E-state index contributed by atoms with van der Waals surface area (Å²) in [5.74, 6) is 0. The Labute approximate surface area is 159 Å². The van der Waals surface area contributed by atoms with Crippen LogP contribution in [0.3, 0.4) is 0 Å². The molecule has 2 nitrogen and oxygen atoms in total. The van der Waals surface area contributed by atoms with E-state index in [-0.39, 0.29) is 0 Å². The van der Waals surface area contributed by atoms with Gasteiger partial charge in [0.05, 0.1) is 17.7 Å². The molecule has 5 aromatic rings. The maximum Gasteiger partial charge on any atom is 0.0757 e. The summed E-state index contributed by atoms with van der Waals surface area (Å²) in [4.78, 5) is 2.48. The Morgan fingerprint density at radius 3 is 2.04 bits per heavy atom. The summed E-state index contributed by atoms with van der Waals surface area (Å²) < 4.78 is 2.52. The Balaban J connectivity index is 1.99. The molecule has 2 heteroatoms. The van der Waals surface area contributed by atoms with Crippen LogP contribution in [-0.4, -0.2) is 22.6 Å². The lowest BCUT2D eigenvalue weighted by Gasteiger charge is -2.21. The van der Waals surface area contributed by atoms with Crippen LogP contribution in [0.15, 0.2) is 72.8 Å². The minimum atomic E-state index is 0.916. The van der Waals surface area contributed by atoms with Crippen LogP contribution >= 0.6 is 0 Å². The van der Waals surface area contributed by atoms with Crippen molar-refractivity contribution in [3.8, 4) is 0 Å². The molecule has 0 unspecified atom stereocenters. The van der Waals surface area contributed by atoms with Crippen LogP contribution in [0.4, 0.5) is 0 Å². The first kappa shape index (κ1) is 16.3. The van der Waals surface area contributed by atoms with E-state index in [1.54, 1.807) is 0 Å². The van der Waals surface area contributed by atoms with E-state index in [0.717, 1.165) is 19.8 Å². The standard InChI is InChI=1S/C25H24N2/c1-3-26(4-2)17-27-23-16-14-18-9-5-7-11-20(18)24(23)22-15-13-19-10-6-8-12-21(19)25(22)27/h5-16H,3-4,17H2,1-2H3. The van der Waals surface area contributed by atoms with Gasteiger partial charge in [-0.15, -0.1) is 0 Å². The summed E-state index contributed by atoms with van der Waals surface area (Å²) in [5, 5.41) is 8.02. The van der Waals surface area contributed by atoms with Gasteiger partial charge in [0, 0.05) is 16.2 Å². The maximum absolute atomic E-state index is 2.52. The molecule has 4 aromatic carbocycles. The van der Waals surface area contributed by atoms with Crippen LogP contribution in [0.2, 0.25) is 0 Å². The van der Waals surface area contributed by atoms with Crippen LogP contribution < -0.4 is 0 Å². The molecule has 0 N–H and O–H groups in total. The molecule has 0 aliphatic carbocycles. The molecule has 0 bridgehead atoms. The Bertz CT molecular complexity index is 1280. The zero-order valence-electron chi connectivity index (χ0n) is 15.9. The lowest BCUT2D eigenvalue weighted by atomic mass is 10.0. The summed E-state index contributed by atoms with van der Waals surface area (Å²) in [6.07, 6.45) is 0. The van der Waals surface area contributed by atoms with Gasteiger partial charge in [-0.05, 0) is 35.3 Å². The van der Waals surface area contributed by atoms with E-state index in [9.17, 15) is 0 Å². The van der Waals surface area contributed by atoms with E-state index in [1.807, 2.05) is 0 Å². The Kier molecular flexibility index (Phi) is 3.87. The first-order chi connectivity index (χ1) is 13.3. The second-order valence-electron chi connectivity index (χ2n) is 7.24. The van der Waals surface area contributed by atoms with Crippen molar-refractivity contribution in [2.24, 2.45) is 0 Å². The van der Waals surface area contributed by atoms with Crippen molar-refractivity contribution < 1.29 is 0 Å². The highest BCUT2D eigenvalue weighted by atomic mass is 15.2. The van der Waals surface area contributed by atoms with E-state index in [2.05, 4.69) is 96.1 Å². The van der Waals surface area contributed by atoms with E-state index in [1.165, 1.54) is 43.4 Å². The molecule has 0 saturated heterocycles. The largest absolute Gasteiger partial charge is 0.326 e. The summed E-state index contributed by atoms with van der Waals surface area (Å²) in [6.45, 7) is 7.50. The first-order valence-electron chi connectivity index (χ1n) is 9.85. The molecule has 0 spiro atoms. The fourth-order valence-corrected chi connectivity index (χ4v) is 4.41. The van der Waals surface area contributed by atoms with Crippen LogP contribution in [0.25, 0.3) is 43.4 Å². The molecule has 1 heterocycles. The zero-order chi connectivity index (χ0) is 18.4. The molecular formula is C25H24N2. The molecule has 0 amide bonds. The van der Waals surface area contributed by atoms with E-state index >= 15 is 0 Å². The van der Waals surface area contributed by atoms with Crippen molar-refractivity contribution in [2.75, 3.05) is 13.1 Å². The van der Waals surface area contributed by atoms with Crippen molar-refractivity contribution in [3.05, 3.63) is 72.8 Å². The van der Waals surface area contributed by atoms with Gasteiger partial charge in [-0.3, -0.25) is 4.90 Å². The number of aromatic nitrogens is 1. The Morgan fingerprint density at radius 2 is 1.30 bits per heavy atom. The van der Waals surface area contributed by atoms with Gasteiger partial charge in [-0.2, -0.15) is 0 Å². The second kappa shape index (κ2) is 6.40. The van der Waals surface area contributed by atoms with E-state index in [4.69, 9.17) is 0 Å². The molecular weight excluding hydrogens is 328 g/mol. The number of nitrogens with zero attached hydrogens (tertiary/aromatic N) is 2. The zero-order valence-corrected chi connectivity index (χ0v) is 15.9. The third kappa shape index (κ3) is 2.44. The molecule has 27 heavy (non-hydrogen) atoms. The molecule has 5 rings (SSSR count). The molecule has 0 fully saturated rings. The van der Waals surface area contributed by atoms with E-state index < -0.39 is 0 Å². The average Bonchev–Trinajstić information content (AvgIpc) is 3.06. The van der Waals surface area contributed by atoms with Gasteiger partial charge in [0.1, 0.15) is 0 Å². The number of benzene rings is 4. The predicted octanol–water partition coefficient (Wildman–Crippen LogP) is 6.40. The topological polar surface area (TPSA) is 8.17 Å². The summed E-state index contributed by atoms with van der Waals surface area (Å²) in [6, 6.07) is 26.6. The van der Waals surface area contributed by atoms with Crippen molar-refractivity contribution in [1.29, 1.82) is 0 Å². The fraction of sp³-hybridized carbons (Fsp3) is 0.200. The lowest BCUT2D eigenvalue weighted by Crippen LogP contribution is -2.25. The lowest BCUT2D eigenvalue weighted by molar-refractivity contribution is 0.250. The number of hydrogen-bond acceptors (Lipinski definition) is 1. The number of fused-ring (bicyclic) bond motifs is 7. The second-order valence-corrected chi connectivity index (χ2v) is 7.24. The van der Waals surface area contributed by atoms with Crippen LogP contribution in [0.1, 0.15) is 13.8 Å². The first-order valence-corrected chi connectivity index (χ1v) is 9.85. The van der Waals surface area contributed by atoms with Gasteiger partial charge in [-0.25, -0.2) is 0 Å².